The lowest BCUT2D eigenvalue weighted by molar-refractivity contribution is -0.143. The van der Waals surface area contributed by atoms with Crippen molar-refractivity contribution in [1.29, 1.82) is 0 Å². The van der Waals surface area contributed by atoms with Gasteiger partial charge in [0.2, 0.25) is 0 Å². The molecule has 0 saturated carbocycles. The highest BCUT2D eigenvalue weighted by Crippen LogP contribution is 2.25. The number of hydrogen-bond donors (Lipinski definition) is 2. The Kier molecular flexibility index (Phi) is 3.95. The van der Waals surface area contributed by atoms with Crippen molar-refractivity contribution in [2.24, 2.45) is 5.92 Å². The third-order valence-electron chi connectivity index (χ3n) is 3.33. The van der Waals surface area contributed by atoms with Gasteiger partial charge in [0.25, 0.3) is 5.91 Å². The highest BCUT2D eigenvalue weighted by atomic mass is 35.5. The lowest BCUT2D eigenvalue weighted by Crippen LogP contribution is -2.40. The maximum Gasteiger partial charge on any atom is 0.306 e. The largest absolute Gasteiger partial charge is 0.506 e. The molecule has 1 saturated heterocycles. The fraction of sp³-hybridized carbons (Fsp3) is 0.385. The molecule has 2 N–H and O–H groups in total. The molecular weight excluding hydrogens is 270 g/mol. The van der Waals surface area contributed by atoms with Gasteiger partial charge in [-0.15, -0.1) is 0 Å². The van der Waals surface area contributed by atoms with E-state index in [4.69, 9.17) is 16.7 Å². The van der Waals surface area contributed by atoms with E-state index in [2.05, 4.69) is 0 Å². The molecule has 2 rings (SSSR count). The number of carbonyl (C=O) groups excluding carboxylic acids is 1. The van der Waals surface area contributed by atoms with E-state index in [-0.39, 0.29) is 22.6 Å². The van der Waals surface area contributed by atoms with Crippen LogP contribution in [0, 0.1) is 5.92 Å². The molecule has 6 heteroatoms. The molecule has 5 nitrogen and oxygen atoms in total. The predicted molar refractivity (Wildman–Crippen MR) is 69.4 cm³/mol. The Morgan fingerprint density at radius 3 is 2.42 bits per heavy atom. The molecule has 0 bridgehead atoms. The summed E-state index contributed by atoms with van der Waals surface area (Å²) in [5.41, 5.74) is 0.400. The molecule has 102 valence electrons. The van der Waals surface area contributed by atoms with Gasteiger partial charge in [0, 0.05) is 18.7 Å². The van der Waals surface area contributed by atoms with Gasteiger partial charge < -0.3 is 15.1 Å². The number of amides is 1. The Hall–Kier alpha value is -1.75. The normalized spacial score (nSPS) is 16.4. The average molecular weight is 284 g/mol. The van der Waals surface area contributed by atoms with Crippen molar-refractivity contribution < 1.29 is 19.8 Å². The van der Waals surface area contributed by atoms with Crippen molar-refractivity contribution in [3.63, 3.8) is 0 Å². The summed E-state index contributed by atoms with van der Waals surface area (Å²) in [6.07, 6.45) is 0.930. The molecule has 0 aromatic heterocycles. The molecule has 0 radical (unpaired) electrons. The summed E-state index contributed by atoms with van der Waals surface area (Å²) in [6.45, 7) is 0.850. The molecule has 0 unspecified atom stereocenters. The van der Waals surface area contributed by atoms with Crippen LogP contribution in [0.5, 0.6) is 5.75 Å². The highest BCUT2D eigenvalue weighted by molar-refractivity contribution is 6.32. The number of nitrogens with zero attached hydrogens (tertiary/aromatic N) is 1. The number of benzene rings is 1. The predicted octanol–water partition coefficient (Wildman–Crippen LogP) is 1.98. The molecule has 0 spiro atoms. The van der Waals surface area contributed by atoms with E-state index >= 15 is 0 Å². The number of carbonyl (C=O) groups is 2. The van der Waals surface area contributed by atoms with Gasteiger partial charge in [0.1, 0.15) is 5.75 Å². The van der Waals surface area contributed by atoms with Crippen LogP contribution in [0.3, 0.4) is 0 Å². The molecule has 1 amide bonds. The van der Waals surface area contributed by atoms with Crippen molar-refractivity contribution in [2.75, 3.05) is 13.1 Å². The average Bonchev–Trinajstić information content (AvgIpc) is 2.41. The second kappa shape index (κ2) is 5.48. The van der Waals surface area contributed by atoms with E-state index in [9.17, 15) is 14.7 Å². The summed E-state index contributed by atoms with van der Waals surface area (Å²) >= 11 is 5.76. The van der Waals surface area contributed by atoms with E-state index in [1.807, 2.05) is 0 Å². The highest BCUT2D eigenvalue weighted by Gasteiger charge is 2.27. The second-order valence-corrected chi connectivity index (χ2v) is 4.98. The fourth-order valence-electron chi connectivity index (χ4n) is 2.15. The number of carboxylic acids is 1. The molecule has 1 heterocycles. The number of carboxylic acid groups (broad SMARTS) is 1. The summed E-state index contributed by atoms with van der Waals surface area (Å²) in [5, 5.41) is 18.3. The van der Waals surface area contributed by atoms with Crippen LogP contribution in [0.2, 0.25) is 5.02 Å². The standard InChI is InChI=1S/C13H14ClNO4/c14-10-7-9(1-2-11(10)16)12(17)15-5-3-8(4-6-15)13(18)19/h1-2,7-8,16H,3-6H2,(H,18,19). The van der Waals surface area contributed by atoms with Gasteiger partial charge >= 0.3 is 5.97 Å². The van der Waals surface area contributed by atoms with Gasteiger partial charge in [0.05, 0.1) is 10.9 Å². The first-order chi connectivity index (χ1) is 8.99. The number of aromatic hydroxyl groups is 1. The maximum atomic E-state index is 12.2. The minimum atomic E-state index is -0.806. The molecule has 1 aliphatic heterocycles. The second-order valence-electron chi connectivity index (χ2n) is 4.57. The summed E-state index contributed by atoms with van der Waals surface area (Å²) in [5.74, 6) is -1.43. The van der Waals surface area contributed by atoms with Crippen LogP contribution in [0.15, 0.2) is 18.2 Å². The van der Waals surface area contributed by atoms with Gasteiger partial charge in [-0.3, -0.25) is 9.59 Å². The van der Waals surface area contributed by atoms with Gasteiger partial charge in [-0.25, -0.2) is 0 Å². The number of likely N-dealkylation sites (tertiary alicyclic amines) is 1. The quantitative estimate of drug-likeness (QED) is 0.870. The number of hydrogen-bond acceptors (Lipinski definition) is 3. The van der Waals surface area contributed by atoms with Crippen molar-refractivity contribution in [3.05, 3.63) is 28.8 Å². The van der Waals surface area contributed by atoms with E-state index in [1.54, 1.807) is 4.90 Å². The lowest BCUT2D eigenvalue weighted by atomic mass is 9.96. The van der Waals surface area contributed by atoms with Crippen LogP contribution in [-0.2, 0) is 4.79 Å². The maximum absolute atomic E-state index is 12.2. The Balaban J connectivity index is 2.05. The Morgan fingerprint density at radius 1 is 1.26 bits per heavy atom. The molecule has 1 aromatic rings. The van der Waals surface area contributed by atoms with Gasteiger partial charge in [-0.1, -0.05) is 11.6 Å². The number of piperidine rings is 1. The van der Waals surface area contributed by atoms with E-state index in [0.717, 1.165) is 0 Å². The minimum absolute atomic E-state index is 0.0668. The monoisotopic (exact) mass is 283 g/mol. The zero-order valence-electron chi connectivity index (χ0n) is 10.2. The Morgan fingerprint density at radius 2 is 1.89 bits per heavy atom. The van der Waals surface area contributed by atoms with E-state index in [1.165, 1.54) is 18.2 Å². The smallest absolute Gasteiger partial charge is 0.306 e. The Labute approximate surface area is 115 Å². The minimum Gasteiger partial charge on any atom is -0.506 e. The summed E-state index contributed by atoms with van der Waals surface area (Å²) in [4.78, 5) is 24.6. The molecular formula is C13H14ClNO4. The summed E-state index contributed by atoms with van der Waals surface area (Å²) < 4.78 is 0. The molecule has 19 heavy (non-hydrogen) atoms. The Bertz CT molecular complexity index is 509. The summed E-state index contributed by atoms with van der Waals surface area (Å²) in [7, 11) is 0. The fourth-order valence-corrected chi connectivity index (χ4v) is 2.33. The van der Waals surface area contributed by atoms with Crippen molar-refractivity contribution in [3.8, 4) is 5.75 Å². The first kappa shape index (κ1) is 13.7. The number of phenolic OH excluding ortho intramolecular Hbond substituents is 1. The van der Waals surface area contributed by atoms with Gasteiger partial charge in [0.15, 0.2) is 0 Å². The number of aliphatic carboxylic acids is 1. The molecule has 1 aromatic carbocycles. The molecule has 1 fully saturated rings. The molecule has 1 aliphatic rings. The third-order valence-corrected chi connectivity index (χ3v) is 3.63. The van der Waals surface area contributed by atoms with E-state index < -0.39 is 5.97 Å². The molecule has 0 aliphatic carbocycles. The van der Waals surface area contributed by atoms with Crippen LogP contribution in [0.4, 0.5) is 0 Å². The zero-order chi connectivity index (χ0) is 14.0. The number of rotatable bonds is 2. The van der Waals surface area contributed by atoms with Crippen LogP contribution in [-0.4, -0.2) is 40.1 Å². The SMILES string of the molecule is O=C(O)C1CCN(C(=O)c2ccc(O)c(Cl)c2)CC1. The van der Waals surface area contributed by atoms with Crippen LogP contribution < -0.4 is 0 Å². The van der Waals surface area contributed by atoms with Crippen molar-refractivity contribution >= 4 is 23.5 Å². The van der Waals surface area contributed by atoms with Crippen molar-refractivity contribution in [1.82, 2.24) is 4.90 Å². The topological polar surface area (TPSA) is 77.8 Å². The lowest BCUT2D eigenvalue weighted by Gasteiger charge is -2.30. The first-order valence-electron chi connectivity index (χ1n) is 5.99. The van der Waals surface area contributed by atoms with E-state index in [0.29, 0.717) is 31.5 Å². The van der Waals surface area contributed by atoms with Crippen LogP contribution >= 0.6 is 11.6 Å². The van der Waals surface area contributed by atoms with Gasteiger partial charge in [-0.05, 0) is 31.0 Å². The van der Waals surface area contributed by atoms with Crippen LogP contribution in [0.1, 0.15) is 23.2 Å². The molecule has 0 atom stereocenters. The number of halogens is 1. The third kappa shape index (κ3) is 2.98. The van der Waals surface area contributed by atoms with Crippen molar-refractivity contribution in [2.45, 2.75) is 12.8 Å². The number of phenols is 1. The van der Waals surface area contributed by atoms with Crippen LogP contribution in [0.25, 0.3) is 0 Å². The van der Waals surface area contributed by atoms with Gasteiger partial charge in [-0.2, -0.15) is 0 Å². The summed E-state index contributed by atoms with van der Waals surface area (Å²) in [6, 6.07) is 4.30. The first-order valence-corrected chi connectivity index (χ1v) is 6.37. The zero-order valence-corrected chi connectivity index (χ0v) is 10.9.